The number of urea groups is 1. The molecule has 1 saturated heterocycles. The van der Waals surface area contributed by atoms with Gasteiger partial charge < -0.3 is 26.2 Å². The van der Waals surface area contributed by atoms with E-state index in [1.54, 1.807) is 0 Å². The van der Waals surface area contributed by atoms with Crippen LogP contribution in [0.1, 0.15) is 67.7 Å². The first kappa shape index (κ1) is 32.0. The van der Waals surface area contributed by atoms with E-state index in [2.05, 4.69) is 27.8 Å². The summed E-state index contributed by atoms with van der Waals surface area (Å²) in [5.41, 5.74) is -0.707. The fourth-order valence-corrected chi connectivity index (χ4v) is 4.72. The minimum Gasteiger partial charge on any atom is -0.346 e. The third-order valence-electron chi connectivity index (χ3n) is 7.26. The van der Waals surface area contributed by atoms with Crippen LogP contribution in [0, 0.1) is 23.2 Å². The van der Waals surface area contributed by atoms with Crippen LogP contribution in [0.4, 0.5) is 4.79 Å². The van der Waals surface area contributed by atoms with Crippen LogP contribution in [0.5, 0.6) is 0 Å². The number of likely N-dealkylation sites (tertiary alicyclic amines) is 1. The van der Waals surface area contributed by atoms with Gasteiger partial charge in [-0.25, -0.2) is 4.79 Å². The SMILES string of the molecule is C=CCNC(=O)C(=O)C(C)NC(=O)[C@@H]1[C@@H](C)CCN1C(=O)C(NC(=O)NC(C(=O)C1CC1)C(C)C)C(C)(C)C. The first-order valence-corrected chi connectivity index (χ1v) is 13.7. The number of rotatable bonds is 12. The number of Topliss-reactive ketones (excluding diaryl/α,β-unsaturated/α-hetero) is 2. The summed E-state index contributed by atoms with van der Waals surface area (Å²) in [5, 5.41) is 10.5. The van der Waals surface area contributed by atoms with Gasteiger partial charge in [0.25, 0.3) is 5.91 Å². The summed E-state index contributed by atoms with van der Waals surface area (Å²) in [5.74, 6) is -2.95. The van der Waals surface area contributed by atoms with Crippen LogP contribution >= 0.6 is 0 Å². The van der Waals surface area contributed by atoms with E-state index in [1.165, 1.54) is 17.9 Å². The summed E-state index contributed by atoms with van der Waals surface area (Å²) >= 11 is 0. The normalized spacial score (nSPS) is 21.4. The minimum atomic E-state index is -1.09. The lowest BCUT2D eigenvalue weighted by atomic mass is 9.85. The van der Waals surface area contributed by atoms with Crippen LogP contribution in [-0.4, -0.2) is 77.5 Å². The van der Waals surface area contributed by atoms with Crippen molar-refractivity contribution >= 4 is 35.3 Å². The molecule has 2 aliphatic rings. The average Bonchev–Trinajstić information content (AvgIpc) is 3.63. The van der Waals surface area contributed by atoms with Gasteiger partial charge in [0, 0.05) is 19.0 Å². The first-order chi connectivity index (χ1) is 18.1. The van der Waals surface area contributed by atoms with Crippen LogP contribution in [0.15, 0.2) is 12.7 Å². The highest BCUT2D eigenvalue weighted by atomic mass is 16.2. The topological polar surface area (TPSA) is 154 Å². The fourth-order valence-electron chi connectivity index (χ4n) is 4.72. The molecule has 0 aromatic carbocycles. The standard InChI is InChI=1S/C28H45N5O6/c1-9-13-29-25(37)21(34)17(5)30-24(36)20-16(4)12-14-33(20)26(38)23(28(6,7)8)32-27(39)31-19(15(2)3)22(35)18-10-11-18/h9,15-20,23H,1,10-14H2,2-8H3,(H,29,37)(H,30,36)(H2,31,32,39)/t16-,17?,19?,20-,23?/m0/s1. The van der Waals surface area contributed by atoms with Crippen LogP contribution in [-0.2, 0) is 24.0 Å². The summed E-state index contributed by atoms with van der Waals surface area (Å²) in [7, 11) is 0. The molecule has 11 heteroatoms. The van der Waals surface area contributed by atoms with Gasteiger partial charge in [-0.2, -0.15) is 0 Å². The van der Waals surface area contributed by atoms with Crippen LogP contribution in [0.3, 0.4) is 0 Å². The van der Waals surface area contributed by atoms with E-state index in [9.17, 15) is 28.8 Å². The molecule has 0 bridgehead atoms. The van der Waals surface area contributed by atoms with Crippen LogP contribution in [0.2, 0.25) is 0 Å². The molecule has 5 atom stereocenters. The van der Waals surface area contributed by atoms with Gasteiger partial charge in [-0.15, -0.1) is 6.58 Å². The van der Waals surface area contributed by atoms with Gasteiger partial charge in [0.05, 0.1) is 12.1 Å². The molecular weight excluding hydrogens is 502 g/mol. The summed E-state index contributed by atoms with van der Waals surface area (Å²) in [6, 6.07) is -4.22. The van der Waals surface area contributed by atoms with Gasteiger partial charge in [-0.3, -0.25) is 24.0 Å². The Balaban J connectivity index is 2.15. The summed E-state index contributed by atoms with van der Waals surface area (Å²) in [4.78, 5) is 78.5. The molecule has 2 rings (SSSR count). The molecule has 0 aromatic heterocycles. The highest BCUT2D eigenvalue weighted by molar-refractivity contribution is 6.38. The monoisotopic (exact) mass is 547 g/mol. The molecule has 5 amide bonds. The molecule has 0 radical (unpaired) electrons. The zero-order valence-electron chi connectivity index (χ0n) is 24.3. The van der Waals surface area contributed by atoms with Crippen molar-refractivity contribution in [1.82, 2.24) is 26.2 Å². The predicted octanol–water partition coefficient (Wildman–Crippen LogP) is 1.32. The van der Waals surface area contributed by atoms with Crippen LogP contribution < -0.4 is 21.3 Å². The summed E-state index contributed by atoms with van der Waals surface area (Å²) < 4.78 is 0. The number of carbonyl (C=O) groups excluding carboxylic acids is 6. The Kier molecular flexibility index (Phi) is 10.8. The Morgan fingerprint density at radius 2 is 1.59 bits per heavy atom. The number of hydrogen-bond donors (Lipinski definition) is 4. The largest absolute Gasteiger partial charge is 0.346 e. The summed E-state index contributed by atoms with van der Waals surface area (Å²) in [6.45, 7) is 16.3. The van der Waals surface area contributed by atoms with Gasteiger partial charge >= 0.3 is 6.03 Å². The van der Waals surface area contributed by atoms with Crippen molar-refractivity contribution in [3.05, 3.63) is 12.7 Å². The first-order valence-electron chi connectivity index (χ1n) is 13.7. The molecule has 1 heterocycles. The number of nitrogens with one attached hydrogen (secondary N) is 4. The second-order valence-corrected chi connectivity index (χ2v) is 12.2. The highest BCUT2D eigenvalue weighted by Crippen LogP contribution is 2.32. The van der Waals surface area contributed by atoms with E-state index < -0.39 is 59.1 Å². The molecule has 3 unspecified atom stereocenters. The van der Waals surface area contributed by atoms with E-state index in [1.807, 2.05) is 41.5 Å². The van der Waals surface area contributed by atoms with Crippen molar-refractivity contribution in [2.75, 3.05) is 13.1 Å². The molecule has 1 saturated carbocycles. The van der Waals surface area contributed by atoms with Crippen LogP contribution in [0.25, 0.3) is 0 Å². The zero-order chi connectivity index (χ0) is 29.7. The van der Waals surface area contributed by atoms with Crippen molar-refractivity contribution in [3.8, 4) is 0 Å². The molecule has 1 aliphatic carbocycles. The Bertz CT molecular complexity index is 983. The van der Waals surface area contributed by atoms with Gasteiger partial charge in [0.15, 0.2) is 5.78 Å². The number of amides is 5. The van der Waals surface area contributed by atoms with Gasteiger partial charge in [-0.05, 0) is 43.4 Å². The van der Waals surface area contributed by atoms with Crippen molar-refractivity contribution in [2.24, 2.45) is 23.2 Å². The molecule has 0 aromatic rings. The third kappa shape index (κ3) is 8.37. The van der Waals surface area contributed by atoms with E-state index in [4.69, 9.17) is 0 Å². The Morgan fingerprint density at radius 3 is 2.10 bits per heavy atom. The fraction of sp³-hybridized carbons (Fsp3) is 0.714. The van der Waals surface area contributed by atoms with Crippen molar-refractivity contribution in [1.29, 1.82) is 0 Å². The molecule has 1 aliphatic heterocycles. The van der Waals surface area contributed by atoms with E-state index in [0.29, 0.717) is 13.0 Å². The maximum absolute atomic E-state index is 13.8. The number of nitrogens with zero attached hydrogens (tertiary/aromatic N) is 1. The lowest BCUT2D eigenvalue weighted by Gasteiger charge is -2.36. The number of hydrogen-bond acceptors (Lipinski definition) is 6. The highest BCUT2D eigenvalue weighted by Gasteiger charge is 2.45. The van der Waals surface area contributed by atoms with E-state index >= 15 is 0 Å². The second kappa shape index (κ2) is 13.2. The van der Waals surface area contributed by atoms with Gasteiger partial charge in [-0.1, -0.05) is 47.6 Å². The zero-order valence-corrected chi connectivity index (χ0v) is 24.3. The predicted molar refractivity (Wildman–Crippen MR) is 146 cm³/mol. The van der Waals surface area contributed by atoms with E-state index in [0.717, 1.165) is 12.8 Å². The Hall–Kier alpha value is -3.24. The maximum atomic E-state index is 13.8. The maximum Gasteiger partial charge on any atom is 0.316 e. The van der Waals surface area contributed by atoms with Crippen molar-refractivity contribution in [2.45, 2.75) is 91.9 Å². The molecule has 2 fully saturated rings. The molecule has 4 N–H and O–H groups in total. The molecule has 39 heavy (non-hydrogen) atoms. The Labute approximate surface area is 231 Å². The average molecular weight is 548 g/mol. The van der Waals surface area contributed by atoms with Crippen molar-refractivity contribution in [3.63, 3.8) is 0 Å². The Morgan fingerprint density at radius 1 is 0.974 bits per heavy atom. The van der Waals surface area contributed by atoms with Gasteiger partial charge in [0.1, 0.15) is 12.1 Å². The number of carbonyl (C=O) groups is 6. The number of ketones is 2. The lowest BCUT2D eigenvalue weighted by Crippen LogP contribution is -2.61. The van der Waals surface area contributed by atoms with Crippen molar-refractivity contribution < 1.29 is 28.8 Å². The van der Waals surface area contributed by atoms with Gasteiger partial charge in [0.2, 0.25) is 17.6 Å². The quantitative estimate of drug-likeness (QED) is 0.213. The second-order valence-electron chi connectivity index (χ2n) is 12.2. The molecule has 0 spiro atoms. The molecule has 11 nitrogen and oxygen atoms in total. The molecular formula is C28H45N5O6. The minimum absolute atomic E-state index is 0.00530. The lowest BCUT2D eigenvalue weighted by molar-refractivity contribution is -0.144. The summed E-state index contributed by atoms with van der Waals surface area (Å²) in [6.07, 6.45) is 3.65. The molecule has 218 valence electrons. The third-order valence-corrected chi connectivity index (χ3v) is 7.26. The van der Waals surface area contributed by atoms with E-state index in [-0.39, 0.29) is 30.1 Å². The smallest absolute Gasteiger partial charge is 0.316 e.